The van der Waals surface area contributed by atoms with E-state index in [4.69, 9.17) is 0 Å². The highest BCUT2D eigenvalue weighted by Crippen LogP contribution is 2.12. The van der Waals surface area contributed by atoms with Gasteiger partial charge >= 0.3 is 0 Å². The molecule has 0 radical (unpaired) electrons. The lowest BCUT2D eigenvalue weighted by atomic mass is 10.1. The molecule has 0 saturated heterocycles. The summed E-state index contributed by atoms with van der Waals surface area (Å²) < 4.78 is 12.6. The Bertz CT molecular complexity index is 236. The summed E-state index contributed by atoms with van der Waals surface area (Å²) in [6.07, 6.45) is 3.38. The molecule has 1 N–H and O–H groups in total. The molecule has 0 aromatic carbocycles. The van der Waals surface area contributed by atoms with Gasteiger partial charge in [-0.15, -0.1) is 0 Å². The van der Waals surface area contributed by atoms with Crippen molar-refractivity contribution in [3.63, 3.8) is 0 Å². The fourth-order valence-corrected chi connectivity index (χ4v) is 1.21. The Hall–Kier alpha value is -0.960. The van der Waals surface area contributed by atoms with Crippen molar-refractivity contribution in [1.29, 1.82) is 0 Å². The molecule has 13 heavy (non-hydrogen) atoms. The van der Waals surface area contributed by atoms with Crippen molar-refractivity contribution in [3.05, 3.63) is 30.1 Å². The first-order valence-corrected chi connectivity index (χ1v) is 4.46. The van der Waals surface area contributed by atoms with Crippen LogP contribution < -0.4 is 5.32 Å². The first-order valence-electron chi connectivity index (χ1n) is 4.46. The van der Waals surface area contributed by atoms with E-state index in [2.05, 4.69) is 10.3 Å². The fraction of sp³-hybridized carbons (Fsp3) is 0.500. The van der Waals surface area contributed by atoms with Gasteiger partial charge in [0.25, 0.3) is 0 Å². The number of nitrogens with zero attached hydrogens (tertiary/aromatic N) is 1. The predicted octanol–water partition coefficient (Wildman–Crippen LogP) is 2.09. The number of nitrogens with one attached hydrogen (secondary N) is 1. The van der Waals surface area contributed by atoms with E-state index >= 15 is 0 Å². The lowest BCUT2D eigenvalue weighted by Gasteiger charge is -2.17. The summed E-state index contributed by atoms with van der Waals surface area (Å²) >= 11 is 0. The van der Waals surface area contributed by atoms with Gasteiger partial charge in [-0.3, -0.25) is 4.98 Å². The lowest BCUT2D eigenvalue weighted by Crippen LogP contribution is -2.29. The molecule has 0 aliphatic heterocycles. The van der Waals surface area contributed by atoms with E-state index in [0.717, 1.165) is 5.56 Å². The molecular weight excluding hydrogens is 167 g/mol. The molecule has 1 rings (SSSR count). The number of rotatable bonds is 4. The molecule has 1 aromatic rings. The van der Waals surface area contributed by atoms with Crippen molar-refractivity contribution < 1.29 is 4.39 Å². The Morgan fingerprint density at radius 2 is 2.31 bits per heavy atom. The van der Waals surface area contributed by atoms with Gasteiger partial charge in [0.1, 0.15) is 6.67 Å². The van der Waals surface area contributed by atoms with E-state index in [9.17, 15) is 4.39 Å². The predicted molar refractivity (Wildman–Crippen MR) is 51.2 cm³/mol. The first-order chi connectivity index (χ1) is 6.24. The van der Waals surface area contributed by atoms with Crippen LogP contribution in [0.1, 0.15) is 25.5 Å². The highest BCUT2D eigenvalue weighted by atomic mass is 19.1. The second-order valence-electron chi connectivity index (χ2n) is 3.31. The molecule has 1 aromatic heterocycles. The Balaban J connectivity index is 2.67. The van der Waals surface area contributed by atoms with Crippen molar-refractivity contribution in [2.75, 3.05) is 6.67 Å². The molecule has 1 unspecified atom stereocenters. The van der Waals surface area contributed by atoms with Crippen LogP contribution in [-0.2, 0) is 0 Å². The van der Waals surface area contributed by atoms with Gasteiger partial charge in [-0.1, -0.05) is 19.9 Å². The summed E-state index contributed by atoms with van der Waals surface area (Å²) in [5.41, 5.74) is 0.902. The van der Waals surface area contributed by atoms with E-state index in [0.29, 0.717) is 0 Å². The molecule has 3 heteroatoms. The summed E-state index contributed by atoms with van der Waals surface area (Å²) in [4.78, 5) is 3.95. The van der Waals surface area contributed by atoms with Crippen molar-refractivity contribution in [2.45, 2.75) is 25.9 Å². The normalized spacial score (nSPS) is 13.2. The maximum Gasteiger partial charge on any atom is 0.109 e. The number of aromatic nitrogens is 1. The molecule has 1 atom stereocenters. The molecule has 0 amide bonds. The third-order valence-corrected chi connectivity index (χ3v) is 1.78. The van der Waals surface area contributed by atoms with E-state index < -0.39 is 6.67 Å². The summed E-state index contributed by atoms with van der Waals surface area (Å²) in [6, 6.07) is 3.75. The number of alkyl halides is 1. The maximum atomic E-state index is 12.6. The maximum absolute atomic E-state index is 12.6. The topological polar surface area (TPSA) is 24.9 Å². The first kappa shape index (κ1) is 10.1. The average molecular weight is 182 g/mol. The van der Waals surface area contributed by atoms with Gasteiger partial charge in [-0.2, -0.15) is 0 Å². The third-order valence-electron chi connectivity index (χ3n) is 1.78. The summed E-state index contributed by atoms with van der Waals surface area (Å²) in [6.45, 7) is 3.60. The quantitative estimate of drug-likeness (QED) is 0.771. The lowest BCUT2D eigenvalue weighted by molar-refractivity contribution is 0.361. The van der Waals surface area contributed by atoms with Gasteiger partial charge in [-0.05, 0) is 11.6 Å². The van der Waals surface area contributed by atoms with Crippen LogP contribution in [0.5, 0.6) is 0 Å². The van der Waals surface area contributed by atoms with E-state index in [-0.39, 0.29) is 12.1 Å². The minimum absolute atomic E-state index is 0.228. The molecule has 72 valence electrons. The van der Waals surface area contributed by atoms with Gasteiger partial charge in [0.15, 0.2) is 0 Å². The zero-order valence-corrected chi connectivity index (χ0v) is 8.00. The number of hydrogen-bond donors (Lipinski definition) is 1. The molecule has 2 nitrogen and oxygen atoms in total. The number of halogens is 1. The fourth-order valence-electron chi connectivity index (χ4n) is 1.21. The van der Waals surface area contributed by atoms with Crippen LogP contribution in [0.15, 0.2) is 24.5 Å². The SMILES string of the molecule is CC(C)NC(CF)c1cccnc1. The second kappa shape index (κ2) is 4.92. The zero-order valence-electron chi connectivity index (χ0n) is 8.00. The highest BCUT2D eigenvalue weighted by molar-refractivity contribution is 5.13. The van der Waals surface area contributed by atoms with Gasteiger partial charge in [0, 0.05) is 18.4 Å². The van der Waals surface area contributed by atoms with E-state index in [1.165, 1.54) is 0 Å². The molecular formula is C10H15FN2. The Labute approximate surface area is 78.2 Å². The molecule has 0 bridgehead atoms. The van der Waals surface area contributed by atoms with Gasteiger partial charge in [0.05, 0.1) is 6.04 Å². The Morgan fingerprint density at radius 3 is 2.77 bits per heavy atom. The van der Waals surface area contributed by atoms with Gasteiger partial charge in [0.2, 0.25) is 0 Å². The third kappa shape index (κ3) is 3.11. The molecule has 0 fully saturated rings. The summed E-state index contributed by atoms with van der Waals surface area (Å²) in [7, 11) is 0. The van der Waals surface area contributed by atoms with Crippen LogP contribution in [-0.4, -0.2) is 17.7 Å². The van der Waals surface area contributed by atoms with E-state index in [1.54, 1.807) is 12.4 Å². The summed E-state index contributed by atoms with van der Waals surface area (Å²) in [5.74, 6) is 0. The average Bonchev–Trinajstić information content (AvgIpc) is 2.15. The van der Waals surface area contributed by atoms with Crippen LogP contribution in [0, 0.1) is 0 Å². The Kier molecular flexibility index (Phi) is 3.83. The second-order valence-corrected chi connectivity index (χ2v) is 3.31. The standard InChI is InChI=1S/C10H15FN2/c1-8(2)13-10(6-11)9-4-3-5-12-7-9/h3-5,7-8,10,13H,6H2,1-2H3. The minimum Gasteiger partial charge on any atom is -0.305 e. The van der Waals surface area contributed by atoms with Crippen LogP contribution in [0.4, 0.5) is 4.39 Å². The number of hydrogen-bond acceptors (Lipinski definition) is 2. The van der Waals surface area contributed by atoms with Crippen molar-refractivity contribution in [3.8, 4) is 0 Å². The molecule has 0 saturated carbocycles. The van der Waals surface area contributed by atoms with Crippen molar-refractivity contribution in [1.82, 2.24) is 10.3 Å². The summed E-state index contributed by atoms with van der Waals surface area (Å²) in [5, 5.41) is 3.13. The van der Waals surface area contributed by atoms with Crippen LogP contribution in [0.2, 0.25) is 0 Å². The highest BCUT2D eigenvalue weighted by Gasteiger charge is 2.11. The largest absolute Gasteiger partial charge is 0.305 e. The zero-order chi connectivity index (χ0) is 9.68. The molecule has 0 aliphatic carbocycles. The van der Waals surface area contributed by atoms with Gasteiger partial charge in [-0.25, -0.2) is 4.39 Å². The Morgan fingerprint density at radius 1 is 1.54 bits per heavy atom. The van der Waals surface area contributed by atoms with Crippen LogP contribution >= 0.6 is 0 Å². The monoisotopic (exact) mass is 182 g/mol. The number of pyridine rings is 1. The minimum atomic E-state index is -0.399. The van der Waals surface area contributed by atoms with Gasteiger partial charge < -0.3 is 5.32 Å². The van der Waals surface area contributed by atoms with Crippen molar-refractivity contribution in [2.24, 2.45) is 0 Å². The molecule has 0 spiro atoms. The molecule has 0 aliphatic rings. The smallest absolute Gasteiger partial charge is 0.109 e. The van der Waals surface area contributed by atoms with Crippen LogP contribution in [0.25, 0.3) is 0 Å². The van der Waals surface area contributed by atoms with Crippen molar-refractivity contribution >= 4 is 0 Å². The van der Waals surface area contributed by atoms with E-state index in [1.807, 2.05) is 26.0 Å². The molecule has 1 heterocycles. The van der Waals surface area contributed by atoms with Crippen LogP contribution in [0.3, 0.4) is 0 Å².